The SMILES string of the molecule is Cc1c(-c2ccc(C(C)(C)C)cc2)ccc2nc(N)nc(N)c12. The Bertz CT molecular complexity index is 874. The summed E-state index contributed by atoms with van der Waals surface area (Å²) in [4.78, 5) is 8.35. The van der Waals surface area contributed by atoms with Crippen LogP contribution in [0.25, 0.3) is 22.0 Å². The van der Waals surface area contributed by atoms with Gasteiger partial charge in [0.05, 0.1) is 5.52 Å². The van der Waals surface area contributed by atoms with Crippen LogP contribution in [0.1, 0.15) is 31.9 Å². The van der Waals surface area contributed by atoms with Gasteiger partial charge in [-0.1, -0.05) is 51.1 Å². The number of benzene rings is 2. The van der Waals surface area contributed by atoms with Crippen molar-refractivity contribution >= 4 is 22.7 Å². The molecule has 0 aliphatic carbocycles. The fourth-order valence-electron chi connectivity index (χ4n) is 2.90. The minimum absolute atomic E-state index is 0.146. The van der Waals surface area contributed by atoms with E-state index in [0.29, 0.717) is 5.82 Å². The van der Waals surface area contributed by atoms with E-state index >= 15 is 0 Å². The number of aryl methyl sites for hydroxylation is 1. The predicted molar refractivity (Wildman–Crippen MR) is 97.2 cm³/mol. The summed E-state index contributed by atoms with van der Waals surface area (Å²) in [5.74, 6) is 0.634. The van der Waals surface area contributed by atoms with Crippen molar-refractivity contribution in [3.05, 3.63) is 47.5 Å². The Morgan fingerprint density at radius 2 is 1.52 bits per heavy atom. The van der Waals surface area contributed by atoms with E-state index in [9.17, 15) is 0 Å². The second-order valence-corrected chi connectivity index (χ2v) is 6.93. The molecule has 0 aliphatic rings. The Kier molecular flexibility index (Phi) is 3.48. The van der Waals surface area contributed by atoms with E-state index in [0.717, 1.165) is 27.6 Å². The maximum atomic E-state index is 6.05. The van der Waals surface area contributed by atoms with E-state index < -0.39 is 0 Å². The number of aromatic nitrogens is 2. The highest BCUT2D eigenvalue weighted by Gasteiger charge is 2.15. The first-order valence-electron chi connectivity index (χ1n) is 7.70. The molecule has 1 aromatic heterocycles. The maximum Gasteiger partial charge on any atom is 0.222 e. The van der Waals surface area contributed by atoms with E-state index in [1.165, 1.54) is 5.56 Å². The van der Waals surface area contributed by atoms with Crippen molar-refractivity contribution < 1.29 is 0 Å². The van der Waals surface area contributed by atoms with Crippen LogP contribution in [-0.4, -0.2) is 9.97 Å². The summed E-state index contributed by atoms with van der Waals surface area (Å²) < 4.78 is 0. The zero-order valence-electron chi connectivity index (χ0n) is 14.0. The molecule has 0 amide bonds. The summed E-state index contributed by atoms with van der Waals surface area (Å²) in [6, 6.07) is 12.7. The molecule has 2 aromatic carbocycles. The molecule has 0 aliphatic heterocycles. The Morgan fingerprint density at radius 3 is 2.13 bits per heavy atom. The molecule has 0 atom stereocenters. The molecule has 1 heterocycles. The lowest BCUT2D eigenvalue weighted by molar-refractivity contribution is 0.590. The highest BCUT2D eigenvalue weighted by Crippen LogP contribution is 2.33. The van der Waals surface area contributed by atoms with Crippen molar-refractivity contribution in [1.29, 1.82) is 0 Å². The number of fused-ring (bicyclic) bond motifs is 1. The van der Waals surface area contributed by atoms with Crippen LogP contribution in [0.15, 0.2) is 36.4 Å². The van der Waals surface area contributed by atoms with Crippen LogP contribution >= 0.6 is 0 Å². The molecule has 118 valence electrons. The largest absolute Gasteiger partial charge is 0.383 e. The molecule has 0 saturated carbocycles. The molecule has 3 rings (SSSR count). The number of rotatable bonds is 1. The first-order valence-corrected chi connectivity index (χ1v) is 7.70. The molecule has 0 unspecified atom stereocenters. The fourth-order valence-corrected chi connectivity index (χ4v) is 2.90. The molecular weight excluding hydrogens is 284 g/mol. The Balaban J connectivity index is 2.15. The minimum atomic E-state index is 0.146. The van der Waals surface area contributed by atoms with Gasteiger partial charge in [-0.2, -0.15) is 4.98 Å². The zero-order valence-corrected chi connectivity index (χ0v) is 14.0. The van der Waals surface area contributed by atoms with Gasteiger partial charge in [-0.3, -0.25) is 0 Å². The van der Waals surface area contributed by atoms with E-state index in [1.54, 1.807) is 0 Å². The maximum absolute atomic E-state index is 6.05. The summed E-state index contributed by atoms with van der Waals surface area (Å²) >= 11 is 0. The molecule has 0 radical (unpaired) electrons. The Morgan fingerprint density at radius 1 is 0.870 bits per heavy atom. The van der Waals surface area contributed by atoms with Gasteiger partial charge in [0.15, 0.2) is 0 Å². The van der Waals surface area contributed by atoms with Gasteiger partial charge in [-0.05, 0) is 40.7 Å². The zero-order chi connectivity index (χ0) is 16.8. The average Bonchev–Trinajstić information content (AvgIpc) is 2.46. The lowest BCUT2D eigenvalue weighted by atomic mass is 9.86. The van der Waals surface area contributed by atoms with Crippen LogP contribution < -0.4 is 11.5 Å². The molecule has 0 fully saturated rings. The molecule has 23 heavy (non-hydrogen) atoms. The minimum Gasteiger partial charge on any atom is -0.383 e. The summed E-state index contributed by atoms with van der Waals surface area (Å²) in [5.41, 5.74) is 17.3. The van der Waals surface area contributed by atoms with Crippen LogP contribution in [0, 0.1) is 6.92 Å². The predicted octanol–water partition coefficient (Wildman–Crippen LogP) is 4.07. The Hall–Kier alpha value is -2.62. The number of anilines is 2. The highest BCUT2D eigenvalue weighted by molar-refractivity contribution is 5.96. The third kappa shape index (κ3) is 2.72. The Labute approximate surface area is 136 Å². The monoisotopic (exact) mass is 306 g/mol. The lowest BCUT2D eigenvalue weighted by Gasteiger charge is -2.19. The third-order valence-corrected chi connectivity index (χ3v) is 4.23. The van der Waals surface area contributed by atoms with Gasteiger partial charge in [0.25, 0.3) is 0 Å². The third-order valence-electron chi connectivity index (χ3n) is 4.23. The topological polar surface area (TPSA) is 77.8 Å². The van der Waals surface area contributed by atoms with Crippen LogP contribution in [0.5, 0.6) is 0 Å². The summed E-state index contributed by atoms with van der Waals surface area (Å²) in [5, 5.41) is 0.872. The highest BCUT2D eigenvalue weighted by atomic mass is 15.0. The van der Waals surface area contributed by atoms with E-state index in [-0.39, 0.29) is 11.4 Å². The van der Waals surface area contributed by atoms with Crippen molar-refractivity contribution in [2.45, 2.75) is 33.1 Å². The van der Waals surface area contributed by atoms with Crippen molar-refractivity contribution in [2.24, 2.45) is 0 Å². The van der Waals surface area contributed by atoms with E-state index in [4.69, 9.17) is 11.5 Å². The summed E-state index contributed by atoms with van der Waals surface area (Å²) in [7, 11) is 0. The first kappa shape index (κ1) is 15.3. The molecule has 0 saturated heterocycles. The van der Waals surface area contributed by atoms with Crippen LogP contribution in [0.2, 0.25) is 0 Å². The normalized spacial score (nSPS) is 11.8. The van der Waals surface area contributed by atoms with Gasteiger partial charge in [0.2, 0.25) is 5.95 Å². The quantitative estimate of drug-likeness (QED) is 0.710. The number of nitrogens with two attached hydrogens (primary N) is 2. The molecule has 0 bridgehead atoms. The van der Waals surface area contributed by atoms with Crippen molar-refractivity contribution in [1.82, 2.24) is 9.97 Å². The molecule has 3 aromatic rings. The number of nitrogen functional groups attached to an aromatic ring is 2. The van der Waals surface area contributed by atoms with Crippen molar-refractivity contribution in [3.8, 4) is 11.1 Å². The van der Waals surface area contributed by atoms with E-state index in [1.807, 2.05) is 13.0 Å². The van der Waals surface area contributed by atoms with Crippen LogP contribution in [0.4, 0.5) is 11.8 Å². The molecular formula is C19H22N4. The standard InChI is InChI=1S/C19H22N4/c1-11-14(12-5-7-13(8-6-12)19(2,3)4)9-10-15-16(11)17(20)23-18(21)22-15/h5-10H,1-4H3,(H4,20,21,22,23). The first-order chi connectivity index (χ1) is 10.8. The molecule has 4 heteroatoms. The van der Waals surface area contributed by atoms with E-state index in [2.05, 4.69) is 61.1 Å². The summed E-state index contributed by atoms with van der Waals surface area (Å²) in [6.45, 7) is 8.69. The number of hydrogen-bond acceptors (Lipinski definition) is 4. The number of hydrogen-bond donors (Lipinski definition) is 2. The summed E-state index contributed by atoms with van der Waals surface area (Å²) in [6.07, 6.45) is 0. The molecule has 0 spiro atoms. The van der Waals surface area contributed by atoms with Crippen LogP contribution in [-0.2, 0) is 5.41 Å². The molecule has 4 nitrogen and oxygen atoms in total. The van der Waals surface area contributed by atoms with Gasteiger partial charge in [-0.15, -0.1) is 0 Å². The van der Waals surface area contributed by atoms with Crippen molar-refractivity contribution in [3.63, 3.8) is 0 Å². The van der Waals surface area contributed by atoms with Gasteiger partial charge < -0.3 is 11.5 Å². The average molecular weight is 306 g/mol. The smallest absolute Gasteiger partial charge is 0.222 e. The second-order valence-electron chi connectivity index (χ2n) is 6.93. The van der Waals surface area contributed by atoms with Gasteiger partial charge >= 0.3 is 0 Å². The van der Waals surface area contributed by atoms with Gasteiger partial charge in [0.1, 0.15) is 5.82 Å². The lowest BCUT2D eigenvalue weighted by Crippen LogP contribution is -2.10. The molecule has 4 N–H and O–H groups in total. The van der Waals surface area contributed by atoms with Crippen molar-refractivity contribution in [2.75, 3.05) is 11.5 Å². The van der Waals surface area contributed by atoms with Crippen LogP contribution in [0.3, 0.4) is 0 Å². The fraction of sp³-hybridized carbons (Fsp3) is 0.263. The van der Waals surface area contributed by atoms with Gasteiger partial charge in [0, 0.05) is 5.39 Å². The number of nitrogens with zero attached hydrogens (tertiary/aromatic N) is 2. The second kappa shape index (κ2) is 5.23. The van der Waals surface area contributed by atoms with Gasteiger partial charge in [-0.25, -0.2) is 4.98 Å².